The third-order valence-corrected chi connectivity index (χ3v) is 4.99. The van der Waals surface area contributed by atoms with E-state index in [0.29, 0.717) is 18.7 Å². The number of hydrogen-bond acceptors (Lipinski definition) is 3. The molecule has 2 aromatic rings. The highest BCUT2D eigenvalue weighted by atomic mass is 32.2. The third-order valence-electron chi connectivity index (χ3n) is 3.61. The topological polar surface area (TPSA) is 66.5 Å². The number of rotatable bonds is 4. The standard InChI is InChI=1S/C16H15FN2O3S/c17-12-3-1-4-15(11-12)23(21,22)18-13-6-8-14(9-7-13)19-10-2-5-16(19)20/h1,3-4,6-9,11,18H,2,5,10H2. The summed E-state index contributed by atoms with van der Waals surface area (Å²) < 4.78 is 40.0. The maximum Gasteiger partial charge on any atom is 0.261 e. The predicted molar refractivity (Wildman–Crippen MR) is 85.2 cm³/mol. The highest BCUT2D eigenvalue weighted by Crippen LogP contribution is 2.24. The molecule has 1 heterocycles. The average molecular weight is 334 g/mol. The van der Waals surface area contributed by atoms with Crippen molar-refractivity contribution in [2.24, 2.45) is 0 Å². The summed E-state index contributed by atoms with van der Waals surface area (Å²) in [6.45, 7) is 0.674. The molecule has 120 valence electrons. The van der Waals surface area contributed by atoms with Crippen molar-refractivity contribution in [2.75, 3.05) is 16.2 Å². The van der Waals surface area contributed by atoms with Gasteiger partial charge in [0.2, 0.25) is 5.91 Å². The highest BCUT2D eigenvalue weighted by molar-refractivity contribution is 7.92. The fourth-order valence-corrected chi connectivity index (χ4v) is 3.57. The van der Waals surface area contributed by atoms with Gasteiger partial charge in [0.1, 0.15) is 5.82 Å². The molecule has 0 unspecified atom stereocenters. The van der Waals surface area contributed by atoms with E-state index in [2.05, 4.69) is 4.72 Å². The maximum atomic E-state index is 13.2. The van der Waals surface area contributed by atoms with Gasteiger partial charge in [-0.3, -0.25) is 9.52 Å². The molecular formula is C16H15FN2O3S. The lowest BCUT2D eigenvalue weighted by molar-refractivity contribution is -0.117. The van der Waals surface area contributed by atoms with Crippen molar-refractivity contribution in [1.29, 1.82) is 0 Å². The first-order chi connectivity index (χ1) is 11.0. The molecule has 1 N–H and O–H groups in total. The summed E-state index contributed by atoms with van der Waals surface area (Å²) in [6, 6.07) is 11.3. The fourth-order valence-electron chi connectivity index (χ4n) is 2.48. The van der Waals surface area contributed by atoms with Crippen LogP contribution in [-0.4, -0.2) is 20.9 Å². The Hall–Kier alpha value is -2.41. The molecule has 0 spiro atoms. The van der Waals surface area contributed by atoms with Gasteiger partial charge in [-0.05, 0) is 48.9 Å². The van der Waals surface area contributed by atoms with Crippen LogP contribution in [0.4, 0.5) is 15.8 Å². The van der Waals surface area contributed by atoms with E-state index in [1.54, 1.807) is 29.2 Å². The SMILES string of the molecule is O=C1CCCN1c1ccc(NS(=O)(=O)c2cccc(F)c2)cc1. The molecule has 0 aromatic heterocycles. The van der Waals surface area contributed by atoms with Crippen LogP contribution >= 0.6 is 0 Å². The molecular weight excluding hydrogens is 319 g/mol. The summed E-state index contributed by atoms with van der Waals surface area (Å²) in [7, 11) is -3.85. The van der Waals surface area contributed by atoms with E-state index in [1.165, 1.54) is 18.2 Å². The van der Waals surface area contributed by atoms with E-state index in [4.69, 9.17) is 0 Å². The number of nitrogens with one attached hydrogen (secondary N) is 1. The molecule has 1 saturated heterocycles. The van der Waals surface area contributed by atoms with Gasteiger partial charge in [0.05, 0.1) is 4.90 Å². The van der Waals surface area contributed by atoms with Crippen LogP contribution in [0, 0.1) is 5.82 Å². The summed E-state index contributed by atoms with van der Waals surface area (Å²) in [6.07, 6.45) is 1.36. The minimum Gasteiger partial charge on any atom is -0.312 e. The number of sulfonamides is 1. The Balaban J connectivity index is 1.79. The highest BCUT2D eigenvalue weighted by Gasteiger charge is 2.21. The van der Waals surface area contributed by atoms with Crippen molar-refractivity contribution in [2.45, 2.75) is 17.7 Å². The number of nitrogens with zero attached hydrogens (tertiary/aromatic N) is 1. The molecule has 1 aliphatic heterocycles. The number of halogens is 1. The van der Waals surface area contributed by atoms with Gasteiger partial charge in [-0.25, -0.2) is 12.8 Å². The van der Waals surface area contributed by atoms with E-state index >= 15 is 0 Å². The van der Waals surface area contributed by atoms with Crippen molar-refractivity contribution in [3.8, 4) is 0 Å². The predicted octanol–water partition coefficient (Wildman–Crippen LogP) is 2.75. The lowest BCUT2D eigenvalue weighted by atomic mass is 10.2. The molecule has 5 nitrogen and oxygen atoms in total. The largest absolute Gasteiger partial charge is 0.312 e. The van der Waals surface area contributed by atoms with Crippen molar-refractivity contribution < 1.29 is 17.6 Å². The Morgan fingerprint density at radius 1 is 1.09 bits per heavy atom. The van der Waals surface area contributed by atoms with E-state index < -0.39 is 15.8 Å². The molecule has 0 atom stereocenters. The molecule has 0 aliphatic carbocycles. The Morgan fingerprint density at radius 2 is 1.83 bits per heavy atom. The summed E-state index contributed by atoms with van der Waals surface area (Å²) in [5.41, 5.74) is 1.09. The normalized spacial score (nSPS) is 15.0. The molecule has 2 aromatic carbocycles. The monoisotopic (exact) mass is 334 g/mol. The van der Waals surface area contributed by atoms with E-state index in [9.17, 15) is 17.6 Å². The molecule has 3 rings (SSSR count). The Labute approximate surface area is 133 Å². The number of carbonyl (C=O) groups is 1. The van der Waals surface area contributed by atoms with Crippen LogP contribution in [0.15, 0.2) is 53.4 Å². The van der Waals surface area contributed by atoms with Gasteiger partial charge in [-0.15, -0.1) is 0 Å². The van der Waals surface area contributed by atoms with Crippen LogP contribution < -0.4 is 9.62 Å². The second-order valence-corrected chi connectivity index (χ2v) is 6.94. The van der Waals surface area contributed by atoms with E-state index in [1.807, 2.05) is 0 Å². The van der Waals surface area contributed by atoms with Crippen molar-refractivity contribution in [3.05, 3.63) is 54.3 Å². The summed E-state index contributed by atoms with van der Waals surface area (Å²) in [5, 5.41) is 0. The fraction of sp³-hybridized carbons (Fsp3) is 0.188. The zero-order chi connectivity index (χ0) is 16.4. The maximum absolute atomic E-state index is 13.2. The molecule has 0 bridgehead atoms. The van der Waals surface area contributed by atoms with Crippen LogP contribution in [-0.2, 0) is 14.8 Å². The third kappa shape index (κ3) is 3.34. The number of anilines is 2. The number of hydrogen-bond donors (Lipinski definition) is 1. The van der Waals surface area contributed by atoms with Crippen molar-refractivity contribution in [1.82, 2.24) is 0 Å². The van der Waals surface area contributed by atoms with E-state index in [-0.39, 0.29) is 10.8 Å². The lowest BCUT2D eigenvalue weighted by Crippen LogP contribution is -2.23. The summed E-state index contributed by atoms with van der Waals surface area (Å²) in [5.74, 6) is -0.547. The Morgan fingerprint density at radius 3 is 2.43 bits per heavy atom. The van der Waals surface area contributed by atoms with Gasteiger partial charge in [0.25, 0.3) is 10.0 Å². The zero-order valence-corrected chi connectivity index (χ0v) is 13.0. The average Bonchev–Trinajstić information content (AvgIpc) is 2.94. The number of benzene rings is 2. The van der Waals surface area contributed by atoms with Gasteiger partial charge in [0.15, 0.2) is 0 Å². The van der Waals surface area contributed by atoms with Crippen molar-refractivity contribution >= 4 is 27.3 Å². The van der Waals surface area contributed by atoms with Gasteiger partial charge in [-0.1, -0.05) is 6.07 Å². The van der Waals surface area contributed by atoms with Crippen LogP contribution in [0.3, 0.4) is 0 Å². The second-order valence-electron chi connectivity index (χ2n) is 5.26. The molecule has 7 heteroatoms. The minimum atomic E-state index is -3.85. The molecule has 0 saturated carbocycles. The summed E-state index contributed by atoms with van der Waals surface area (Å²) in [4.78, 5) is 13.2. The first kappa shape index (κ1) is 15.5. The molecule has 0 radical (unpaired) electrons. The lowest BCUT2D eigenvalue weighted by Gasteiger charge is -2.16. The number of amides is 1. The van der Waals surface area contributed by atoms with Gasteiger partial charge < -0.3 is 4.90 Å². The Bertz CT molecular complexity index is 835. The van der Waals surface area contributed by atoms with Crippen LogP contribution in [0.2, 0.25) is 0 Å². The van der Waals surface area contributed by atoms with Crippen LogP contribution in [0.25, 0.3) is 0 Å². The molecule has 1 amide bonds. The minimum absolute atomic E-state index is 0.0677. The summed E-state index contributed by atoms with van der Waals surface area (Å²) >= 11 is 0. The first-order valence-electron chi connectivity index (χ1n) is 7.14. The molecule has 1 fully saturated rings. The Kier molecular flexibility index (Phi) is 4.04. The van der Waals surface area contributed by atoms with Crippen molar-refractivity contribution in [3.63, 3.8) is 0 Å². The van der Waals surface area contributed by atoms with Gasteiger partial charge >= 0.3 is 0 Å². The smallest absolute Gasteiger partial charge is 0.261 e. The molecule has 1 aliphatic rings. The van der Waals surface area contributed by atoms with Gasteiger partial charge in [0, 0.05) is 24.3 Å². The van der Waals surface area contributed by atoms with Gasteiger partial charge in [-0.2, -0.15) is 0 Å². The quantitative estimate of drug-likeness (QED) is 0.935. The molecule has 23 heavy (non-hydrogen) atoms. The first-order valence-corrected chi connectivity index (χ1v) is 8.63. The number of carbonyl (C=O) groups excluding carboxylic acids is 1. The second kappa shape index (κ2) is 6.00. The van der Waals surface area contributed by atoms with E-state index in [0.717, 1.165) is 18.2 Å². The zero-order valence-electron chi connectivity index (χ0n) is 12.2. The van der Waals surface area contributed by atoms with Crippen LogP contribution in [0.5, 0.6) is 0 Å². The van der Waals surface area contributed by atoms with Crippen LogP contribution in [0.1, 0.15) is 12.8 Å².